The highest BCUT2D eigenvalue weighted by atomic mass is 16.3. The standard InChI is InChI=1S/C20H19N3O4/c1-12(24)22-14-9-7-13(8-10-14)11-21-19(26)17-18(25)15-5-3-4-6-16(15)23(2)20(17)27/h3-10,25H,11H2,1-2H3,(H,21,26)(H,22,24). The van der Waals surface area contributed by atoms with Gasteiger partial charge in [-0.2, -0.15) is 0 Å². The molecule has 0 radical (unpaired) electrons. The molecule has 0 spiro atoms. The minimum atomic E-state index is -0.648. The number of hydrogen-bond acceptors (Lipinski definition) is 4. The monoisotopic (exact) mass is 365 g/mol. The van der Waals surface area contributed by atoms with Crippen molar-refractivity contribution < 1.29 is 14.7 Å². The van der Waals surface area contributed by atoms with E-state index in [0.29, 0.717) is 16.6 Å². The Morgan fingerprint density at radius 2 is 1.74 bits per heavy atom. The Bertz CT molecular complexity index is 1080. The van der Waals surface area contributed by atoms with Gasteiger partial charge in [0.05, 0.1) is 5.52 Å². The number of aromatic nitrogens is 1. The van der Waals surface area contributed by atoms with Gasteiger partial charge in [-0.3, -0.25) is 14.4 Å². The fourth-order valence-electron chi connectivity index (χ4n) is 2.86. The van der Waals surface area contributed by atoms with Gasteiger partial charge in [-0.25, -0.2) is 0 Å². The number of amides is 2. The number of aromatic hydroxyl groups is 1. The zero-order valence-electron chi connectivity index (χ0n) is 14.9. The van der Waals surface area contributed by atoms with Crippen molar-refractivity contribution in [2.75, 3.05) is 5.32 Å². The molecule has 3 rings (SSSR count). The van der Waals surface area contributed by atoms with E-state index >= 15 is 0 Å². The van der Waals surface area contributed by atoms with Crippen molar-refractivity contribution in [1.29, 1.82) is 0 Å². The number of rotatable bonds is 4. The van der Waals surface area contributed by atoms with Gasteiger partial charge in [-0.05, 0) is 29.8 Å². The van der Waals surface area contributed by atoms with Gasteiger partial charge in [0.25, 0.3) is 11.5 Å². The number of anilines is 1. The van der Waals surface area contributed by atoms with Crippen molar-refractivity contribution in [2.45, 2.75) is 13.5 Å². The molecule has 3 N–H and O–H groups in total. The van der Waals surface area contributed by atoms with Gasteiger partial charge >= 0.3 is 0 Å². The van der Waals surface area contributed by atoms with Crippen LogP contribution in [0.25, 0.3) is 10.9 Å². The Morgan fingerprint density at radius 1 is 1.07 bits per heavy atom. The molecular weight excluding hydrogens is 346 g/mol. The summed E-state index contributed by atoms with van der Waals surface area (Å²) in [6, 6.07) is 13.8. The van der Waals surface area contributed by atoms with Gasteiger partial charge in [-0.1, -0.05) is 24.3 Å². The number of fused-ring (bicyclic) bond motifs is 1. The normalized spacial score (nSPS) is 10.6. The van der Waals surface area contributed by atoms with Crippen LogP contribution in [0.5, 0.6) is 5.75 Å². The summed E-state index contributed by atoms with van der Waals surface area (Å²) in [7, 11) is 1.56. The number of pyridine rings is 1. The average molecular weight is 365 g/mol. The number of aryl methyl sites for hydroxylation is 1. The maximum atomic E-state index is 12.5. The molecule has 0 saturated carbocycles. The number of nitrogens with zero attached hydrogens (tertiary/aromatic N) is 1. The molecule has 138 valence electrons. The van der Waals surface area contributed by atoms with Crippen molar-refractivity contribution in [3.63, 3.8) is 0 Å². The third kappa shape index (κ3) is 3.67. The predicted molar refractivity (Wildman–Crippen MR) is 103 cm³/mol. The third-order valence-corrected chi connectivity index (χ3v) is 4.23. The summed E-state index contributed by atoms with van der Waals surface area (Å²) in [5, 5.41) is 16.2. The lowest BCUT2D eigenvalue weighted by atomic mass is 10.1. The fraction of sp³-hybridized carbons (Fsp3) is 0.150. The second-order valence-electron chi connectivity index (χ2n) is 6.17. The van der Waals surface area contributed by atoms with Crippen molar-refractivity contribution in [1.82, 2.24) is 9.88 Å². The zero-order chi connectivity index (χ0) is 19.6. The Morgan fingerprint density at radius 3 is 2.41 bits per heavy atom. The van der Waals surface area contributed by atoms with Crippen molar-refractivity contribution in [3.05, 3.63) is 70.0 Å². The van der Waals surface area contributed by atoms with Gasteiger partial charge < -0.3 is 20.3 Å². The summed E-state index contributed by atoms with van der Waals surface area (Å²) in [5.41, 5.74) is 1.13. The van der Waals surface area contributed by atoms with E-state index in [4.69, 9.17) is 0 Å². The Hall–Kier alpha value is -3.61. The van der Waals surface area contributed by atoms with Crippen LogP contribution < -0.4 is 16.2 Å². The average Bonchev–Trinajstić information content (AvgIpc) is 2.65. The number of para-hydroxylation sites is 1. The van der Waals surface area contributed by atoms with Crippen LogP contribution in [0.3, 0.4) is 0 Å². The number of carbonyl (C=O) groups is 2. The lowest BCUT2D eigenvalue weighted by Crippen LogP contribution is -2.32. The molecule has 0 aliphatic heterocycles. The first-order valence-electron chi connectivity index (χ1n) is 8.34. The van der Waals surface area contributed by atoms with Crippen LogP contribution in [0.1, 0.15) is 22.8 Å². The molecule has 7 nitrogen and oxygen atoms in total. The van der Waals surface area contributed by atoms with Gasteiger partial charge in [0, 0.05) is 31.6 Å². The molecule has 0 aliphatic rings. The lowest BCUT2D eigenvalue weighted by Gasteiger charge is -2.12. The molecule has 0 unspecified atom stereocenters. The van der Waals surface area contributed by atoms with Crippen LogP contribution in [-0.4, -0.2) is 21.5 Å². The second kappa shape index (κ2) is 7.33. The van der Waals surface area contributed by atoms with E-state index in [1.807, 2.05) is 0 Å². The molecule has 1 heterocycles. The van der Waals surface area contributed by atoms with Gasteiger partial charge in [0.2, 0.25) is 5.91 Å². The SMILES string of the molecule is CC(=O)Nc1ccc(CNC(=O)c2c(O)c3ccccc3n(C)c2=O)cc1. The van der Waals surface area contributed by atoms with Gasteiger partial charge in [0.1, 0.15) is 11.3 Å². The second-order valence-corrected chi connectivity index (χ2v) is 6.17. The smallest absolute Gasteiger partial charge is 0.267 e. The van der Waals surface area contributed by atoms with Crippen molar-refractivity contribution in [2.24, 2.45) is 7.05 Å². The molecule has 0 atom stereocenters. The predicted octanol–water partition coefficient (Wildman–Crippen LogP) is 2.13. The molecule has 3 aromatic rings. The zero-order valence-corrected chi connectivity index (χ0v) is 14.9. The van der Waals surface area contributed by atoms with E-state index in [-0.39, 0.29) is 23.8 Å². The minimum Gasteiger partial charge on any atom is -0.506 e. The highest BCUT2D eigenvalue weighted by Crippen LogP contribution is 2.25. The number of nitrogens with one attached hydrogen (secondary N) is 2. The maximum absolute atomic E-state index is 12.5. The van der Waals surface area contributed by atoms with Crippen LogP contribution in [0.15, 0.2) is 53.3 Å². The number of carbonyl (C=O) groups excluding carboxylic acids is 2. The van der Waals surface area contributed by atoms with Gasteiger partial charge in [0.15, 0.2) is 0 Å². The summed E-state index contributed by atoms with van der Waals surface area (Å²) >= 11 is 0. The molecule has 7 heteroatoms. The number of benzene rings is 2. The van der Waals surface area contributed by atoms with Crippen LogP contribution in [0, 0.1) is 0 Å². The first kappa shape index (κ1) is 18.2. The molecule has 2 aromatic carbocycles. The van der Waals surface area contributed by atoms with Crippen LogP contribution in [0.4, 0.5) is 5.69 Å². The molecule has 0 saturated heterocycles. The van der Waals surface area contributed by atoms with E-state index in [1.165, 1.54) is 11.5 Å². The first-order chi connectivity index (χ1) is 12.9. The van der Waals surface area contributed by atoms with Crippen molar-refractivity contribution in [3.8, 4) is 5.75 Å². The molecule has 27 heavy (non-hydrogen) atoms. The molecule has 0 fully saturated rings. The minimum absolute atomic E-state index is 0.168. The van der Waals surface area contributed by atoms with E-state index in [1.54, 1.807) is 55.6 Å². The molecule has 0 aliphatic carbocycles. The lowest BCUT2D eigenvalue weighted by molar-refractivity contribution is -0.114. The Labute approximate surface area is 155 Å². The van der Waals surface area contributed by atoms with Gasteiger partial charge in [-0.15, -0.1) is 0 Å². The van der Waals surface area contributed by atoms with Crippen LogP contribution in [0.2, 0.25) is 0 Å². The highest BCUT2D eigenvalue weighted by Gasteiger charge is 2.20. The largest absolute Gasteiger partial charge is 0.506 e. The first-order valence-corrected chi connectivity index (χ1v) is 8.34. The summed E-state index contributed by atoms with van der Waals surface area (Å²) in [5.74, 6) is -1.14. The van der Waals surface area contributed by atoms with Crippen molar-refractivity contribution >= 4 is 28.4 Å². The van der Waals surface area contributed by atoms with Crippen LogP contribution >= 0.6 is 0 Å². The number of hydrogen-bond donors (Lipinski definition) is 3. The third-order valence-electron chi connectivity index (χ3n) is 4.23. The van der Waals surface area contributed by atoms with E-state index in [2.05, 4.69) is 10.6 Å². The highest BCUT2D eigenvalue weighted by molar-refractivity contribution is 6.02. The fourth-order valence-corrected chi connectivity index (χ4v) is 2.86. The summed E-state index contributed by atoms with van der Waals surface area (Å²) in [4.78, 5) is 36.1. The molecular formula is C20H19N3O4. The summed E-state index contributed by atoms with van der Waals surface area (Å²) in [6.45, 7) is 1.60. The Balaban J connectivity index is 1.83. The van der Waals surface area contributed by atoms with E-state index in [9.17, 15) is 19.5 Å². The topological polar surface area (TPSA) is 100 Å². The van der Waals surface area contributed by atoms with E-state index < -0.39 is 11.5 Å². The molecule has 1 aromatic heterocycles. The quantitative estimate of drug-likeness (QED) is 0.659. The summed E-state index contributed by atoms with van der Waals surface area (Å²) < 4.78 is 1.34. The molecule has 2 amide bonds. The van der Waals surface area contributed by atoms with E-state index in [0.717, 1.165) is 5.56 Å². The maximum Gasteiger partial charge on any atom is 0.267 e. The Kier molecular flexibility index (Phi) is 4.94. The summed E-state index contributed by atoms with van der Waals surface area (Å²) in [6.07, 6.45) is 0. The molecule has 0 bridgehead atoms. The van der Waals surface area contributed by atoms with Crippen LogP contribution in [-0.2, 0) is 18.4 Å².